The zero-order valence-electron chi connectivity index (χ0n) is 14.2. The molecule has 0 saturated carbocycles. The van der Waals surface area contributed by atoms with Crippen molar-refractivity contribution in [3.05, 3.63) is 51.8 Å². The highest BCUT2D eigenvalue weighted by molar-refractivity contribution is 6.10. The van der Waals surface area contributed by atoms with Gasteiger partial charge in [-0.15, -0.1) is 0 Å². The van der Waals surface area contributed by atoms with Crippen LogP contribution in [0, 0.1) is 13.8 Å². The van der Waals surface area contributed by atoms with Crippen molar-refractivity contribution in [1.82, 2.24) is 4.98 Å². The second-order valence-corrected chi connectivity index (χ2v) is 5.70. The first kappa shape index (κ1) is 17.5. The monoisotopic (exact) mass is 327 g/mol. The van der Waals surface area contributed by atoms with Gasteiger partial charge in [0, 0.05) is 11.3 Å². The van der Waals surface area contributed by atoms with E-state index in [4.69, 9.17) is 5.73 Å². The molecule has 2 rings (SSSR count). The molecular formula is C18H21N3O3. The number of anilines is 1. The molecule has 0 radical (unpaired) electrons. The molecular weight excluding hydrogens is 306 g/mol. The Kier molecular flexibility index (Phi) is 4.87. The molecule has 0 spiro atoms. The summed E-state index contributed by atoms with van der Waals surface area (Å²) in [5.41, 5.74) is 8.93. The first-order chi connectivity index (χ1) is 11.3. The molecule has 24 heavy (non-hydrogen) atoms. The van der Waals surface area contributed by atoms with E-state index in [9.17, 15) is 14.4 Å². The van der Waals surface area contributed by atoms with Gasteiger partial charge in [-0.05, 0) is 44.4 Å². The van der Waals surface area contributed by atoms with Crippen molar-refractivity contribution < 1.29 is 14.4 Å². The number of H-pyrrole nitrogens is 1. The Bertz CT molecular complexity index is 834. The standard InChI is InChI=1S/C18H21N3O3/c1-5-12-15(11(4)22)10(3)20-16(12)18(24)21-13-8-6-7-9(2)14(13)17(19)23/h6-8,20H,5H2,1-4H3,(H2,19,23)(H,21,24). The van der Waals surface area contributed by atoms with E-state index in [1.165, 1.54) is 6.92 Å². The van der Waals surface area contributed by atoms with Crippen LogP contribution in [-0.4, -0.2) is 22.6 Å². The average Bonchev–Trinajstić information content (AvgIpc) is 2.83. The molecule has 6 nitrogen and oxygen atoms in total. The Morgan fingerprint density at radius 2 is 1.83 bits per heavy atom. The highest BCUT2D eigenvalue weighted by Crippen LogP contribution is 2.23. The molecule has 1 aromatic carbocycles. The van der Waals surface area contributed by atoms with Gasteiger partial charge in [0.2, 0.25) is 0 Å². The number of hydrogen-bond acceptors (Lipinski definition) is 3. The smallest absolute Gasteiger partial charge is 0.272 e. The molecule has 6 heteroatoms. The van der Waals surface area contributed by atoms with Crippen molar-refractivity contribution in [2.24, 2.45) is 5.73 Å². The molecule has 1 heterocycles. The summed E-state index contributed by atoms with van der Waals surface area (Å²) in [5.74, 6) is -1.10. The van der Waals surface area contributed by atoms with E-state index in [2.05, 4.69) is 10.3 Å². The molecule has 0 aliphatic carbocycles. The fourth-order valence-corrected chi connectivity index (χ4v) is 2.98. The van der Waals surface area contributed by atoms with Crippen LogP contribution in [0.5, 0.6) is 0 Å². The van der Waals surface area contributed by atoms with E-state index in [0.29, 0.717) is 40.2 Å². The minimum Gasteiger partial charge on any atom is -0.366 e. The van der Waals surface area contributed by atoms with Gasteiger partial charge in [-0.3, -0.25) is 14.4 Å². The number of rotatable bonds is 5. The second kappa shape index (κ2) is 6.70. The van der Waals surface area contributed by atoms with Crippen LogP contribution in [0.15, 0.2) is 18.2 Å². The van der Waals surface area contributed by atoms with E-state index in [1.54, 1.807) is 32.0 Å². The summed E-state index contributed by atoms with van der Waals surface area (Å²) in [6.45, 7) is 6.87. The molecule has 4 N–H and O–H groups in total. The van der Waals surface area contributed by atoms with Gasteiger partial charge in [-0.1, -0.05) is 19.1 Å². The Morgan fingerprint density at radius 1 is 1.17 bits per heavy atom. The fourth-order valence-electron chi connectivity index (χ4n) is 2.98. The third-order valence-electron chi connectivity index (χ3n) is 3.99. The second-order valence-electron chi connectivity index (χ2n) is 5.70. The zero-order valence-corrected chi connectivity index (χ0v) is 14.2. The van der Waals surface area contributed by atoms with E-state index in [0.717, 1.165) is 0 Å². The number of nitrogens with one attached hydrogen (secondary N) is 2. The predicted octanol–water partition coefficient (Wildman–Crippen LogP) is 2.75. The molecule has 0 bridgehead atoms. The normalized spacial score (nSPS) is 10.5. The van der Waals surface area contributed by atoms with Crippen LogP contribution in [0.4, 0.5) is 5.69 Å². The quantitative estimate of drug-likeness (QED) is 0.735. The number of aromatic amines is 1. The largest absolute Gasteiger partial charge is 0.366 e. The zero-order chi connectivity index (χ0) is 18.0. The van der Waals surface area contributed by atoms with Crippen molar-refractivity contribution in [3.8, 4) is 0 Å². The minimum absolute atomic E-state index is 0.0898. The molecule has 2 amide bonds. The van der Waals surface area contributed by atoms with Gasteiger partial charge in [-0.25, -0.2) is 0 Å². The highest BCUT2D eigenvalue weighted by atomic mass is 16.2. The number of aryl methyl sites for hydroxylation is 2. The Morgan fingerprint density at radius 3 is 2.38 bits per heavy atom. The molecule has 0 unspecified atom stereocenters. The van der Waals surface area contributed by atoms with Crippen molar-refractivity contribution in [2.45, 2.75) is 34.1 Å². The van der Waals surface area contributed by atoms with Gasteiger partial charge in [0.25, 0.3) is 11.8 Å². The number of carbonyl (C=O) groups is 3. The third kappa shape index (κ3) is 3.08. The van der Waals surface area contributed by atoms with Crippen molar-refractivity contribution >= 4 is 23.3 Å². The Labute approximate surface area is 140 Å². The Balaban J connectivity index is 2.46. The summed E-state index contributed by atoms with van der Waals surface area (Å²) in [5, 5.41) is 2.72. The highest BCUT2D eigenvalue weighted by Gasteiger charge is 2.22. The summed E-state index contributed by atoms with van der Waals surface area (Å²) in [6, 6.07) is 5.11. The van der Waals surface area contributed by atoms with E-state index >= 15 is 0 Å². The molecule has 1 aromatic heterocycles. The van der Waals surface area contributed by atoms with Crippen molar-refractivity contribution in [3.63, 3.8) is 0 Å². The summed E-state index contributed by atoms with van der Waals surface area (Å²) < 4.78 is 0. The van der Waals surface area contributed by atoms with Crippen LogP contribution in [0.25, 0.3) is 0 Å². The SMILES string of the molecule is CCc1c(C(=O)Nc2cccc(C)c2C(N)=O)[nH]c(C)c1C(C)=O. The number of primary amides is 1. The maximum atomic E-state index is 12.7. The minimum atomic E-state index is -0.605. The number of aromatic nitrogens is 1. The van der Waals surface area contributed by atoms with Crippen LogP contribution < -0.4 is 11.1 Å². The van der Waals surface area contributed by atoms with Gasteiger partial charge in [0.1, 0.15) is 5.69 Å². The third-order valence-corrected chi connectivity index (χ3v) is 3.99. The van der Waals surface area contributed by atoms with Gasteiger partial charge in [0.15, 0.2) is 5.78 Å². The predicted molar refractivity (Wildman–Crippen MR) is 92.6 cm³/mol. The summed E-state index contributed by atoms with van der Waals surface area (Å²) in [4.78, 5) is 39.1. The lowest BCUT2D eigenvalue weighted by Gasteiger charge is -2.11. The lowest BCUT2D eigenvalue weighted by atomic mass is 10.0. The molecule has 0 saturated heterocycles. The lowest BCUT2D eigenvalue weighted by Crippen LogP contribution is -2.20. The van der Waals surface area contributed by atoms with E-state index < -0.39 is 11.8 Å². The van der Waals surface area contributed by atoms with E-state index in [-0.39, 0.29) is 11.3 Å². The number of hydrogen-bond donors (Lipinski definition) is 3. The van der Waals surface area contributed by atoms with Crippen LogP contribution in [0.1, 0.15) is 61.9 Å². The fraction of sp³-hybridized carbons (Fsp3) is 0.278. The molecule has 0 aliphatic heterocycles. The van der Waals surface area contributed by atoms with E-state index in [1.807, 2.05) is 6.92 Å². The van der Waals surface area contributed by atoms with Crippen molar-refractivity contribution in [2.75, 3.05) is 5.32 Å². The molecule has 0 fully saturated rings. The number of amides is 2. The number of nitrogens with two attached hydrogens (primary N) is 1. The van der Waals surface area contributed by atoms with Crippen LogP contribution in [-0.2, 0) is 6.42 Å². The van der Waals surface area contributed by atoms with Gasteiger partial charge in [-0.2, -0.15) is 0 Å². The first-order valence-corrected chi connectivity index (χ1v) is 7.71. The lowest BCUT2D eigenvalue weighted by molar-refractivity contribution is 0.0996. The number of ketones is 1. The number of Topliss-reactive ketones (excluding diaryl/α,β-unsaturated/α-hetero) is 1. The van der Waals surface area contributed by atoms with Crippen LogP contribution in [0.2, 0.25) is 0 Å². The van der Waals surface area contributed by atoms with Crippen molar-refractivity contribution in [1.29, 1.82) is 0 Å². The summed E-state index contributed by atoms with van der Waals surface area (Å²) in [6.07, 6.45) is 0.540. The van der Waals surface area contributed by atoms with Gasteiger partial charge < -0.3 is 16.0 Å². The maximum absolute atomic E-state index is 12.7. The van der Waals surface area contributed by atoms with Crippen LogP contribution >= 0.6 is 0 Å². The summed E-state index contributed by atoms with van der Waals surface area (Å²) in [7, 11) is 0. The topological polar surface area (TPSA) is 105 Å². The molecule has 0 atom stereocenters. The molecule has 0 aliphatic rings. The number of carbonyl (C=O) groups excluding carboxylic acids is 3. The van der Waals surface area contributed by atoms with Crippen LogP contribution in [0.3, 0.4) is 0 Å². The van der Waals surface area contributed by atoms with Gasteiger partial charge >= 0.3 is 0 Å². The van der Waals surface area contributed by atoms with Gasteiger partial charge in [0.05, 0.1) is 11.3 Å². The first-order valence-electron chi connectivity index (χ1n) is 7.71. The average molecular weight is 327 g/mol. The summed E-state index contributed by atoms with van der Waals surface area (Å²) >= 11 is 0. The number of benzene rings is 1. The molecule has 126 valence electrons. The maximum Gasteiger partial charge on any atom is 0.272 e. The molecule has 2 aromatic rings. The Hall–Kier alpha value is -2.89.